The lowest BCUT2D eigenvalue weighted by molar-refractivity contribution is 0.649. The summed E-state index contributed by atoms with van der Waals surface area (Å²) in [5.74, 6) is 0. The van der Waals surface area contributed by atoms with Gasteiger partial charge in [-0.2, -0.15) is 0 Å². The van der Waals surface area contributed by atoms with E-state index in [2.05, 4.69) is 58.2 Å². The molecule has 1 saturated carbocycles. The van der Waals surface area contributed by atoms with Crippen LogP contribution < -0.4 is 10.2 Å². The van der Waals surface area contributed by atoms with Crippen molar-refractivity contribution in [1.82, 2.24) is 5.32 Å². The lowest BCUT2D eigenvalue weighted by atomic mass is 10.1. The Morgan fingerprint density at radius 1 is 1.42 bits per heavy atom. The Morgan fingerprint density at radius 3 is 2.68 bits per heavy atom. The van der Waals surface area contributed by atoms with Crippen LogP contribution in [0.2, 0.25) is 0 Å². The highest BCUT2D eigenvalue weighted by Gasteiger charge is 2.29. The SMILES string of the molecule is CCCCN(c1ccc(C(C)NC)c(Br)c1)C1CC1. The van der Waals surface area contributed by atoms with E-state index in [1.807, 2.05) is 7.05 Å². The van der Waals surface area contributed by atoms with Gasteiger partial charge < -0.3 is 10.2 Å². The van der Waals surface area contributed by atoms with Gasteiger partial charge in [0.1, 0.15) is 0 Å². The number of nitrogens with zero attached hydrogens (tertiary/aromatic N) is 1. The molecule has 1 aliphatic rings. The number of anilines is 1. The average molecular weight is 325 g/mol. The fourth-order valence-corrected chi connectivity index (χ4v) is 3.15. The zero-order chi connectivity index (χ0) is 13.8. The minimum atomic E-state index is 0.383. The van der Waals surface area contributed by atoms with E-state index < -0.39 is 0 Å². The summed E-state index contributed by atoms with van der Waals surface area (Å²) < 4.78 is 1.22. The summed E-state index contributed by atoms with van der Waals surface area (Å²) in [6.45, 7) is 5.64. The van der Waals surface area contributed by atoms with Gasteiger partial charge in [0.05, 0.1) is 0 Å². The minimum Gasteiger partial charge on any atom is -0.369 e. The van der Waals surface area contributed by atoms with Crippen molar-refractivity contribution in [3.63, 3.8) is 0 Å². The molecule has 0 heterocycles. The zero-order valence-electron chi connectivity index (χ0n) is 12.2. The fourth-order valence-electron chi connectivity index (χ4n) is 2.44. The molecule has 0 amide bonds. The molecule has 0 radical (unpaired) electrons. The summed E-state index contributed by atoms with van der Waals surface area (Å²) in [7, 11) is 2.00. The first-order valence-electron chi connectivity index (χ1n) is 7.40. The van der Waals surface area contributed by atoms with E-state index in [-0.39, 0.29) is 0 Å². The normalized spacial score (nSPS) is 16.4. The van der Waals surface area contributed by atoms with E-state index in [4.69, 9.17) is 0 Å². The van der Waals surface area contributed by atoms with Crippen LogP contribution in [-0.2, 0) is 0 Å². The second-order valence-corrected chi connectivity index (χ2v) is 6.35. The highest BCUT2D eigenvalue weighted by molar-refractivity contribution is 9.10. The molecular weight excluding hydrogens is 300 g/mol. The van der Waals surface area contributed by atoms with Gasteiger partial charge in [-0.3, -0.25) is 0 Å². The van der Waals surface area contributed by atoms with Gasteiger partial charge in [0, 0.05) is 28.8 Å². The molecule has 0 saturated heterocycles. The third-order valence-electron chi connectivity index (χ3n) is 3.96. The number of hydrogen-bond donors (Lipinski definition) is 1. The Bertz CT molecular complexity index is 415. The Morgan fingerprint density at radius 2 is 2.16 bits per heavy atom. The number of benzene rings is 1. The van der Waals surface area contributed by atoms with E-state index in [1.54, 1.807) is 0 Å². The molecule has 0 spiro atoms. The molecule has 1 atom stereocenters. The minimum absolute atomic E-state index is 0.383. The molecule has 0 aromatic heterocycles. The maximum atomic E-state index is 3.73. The molecule has 1 aromatic carbocycles. The van der Waals surface area contributed by atoms with Crippen molar-refractivity contribution in [1.29, 1.82) is 0 Å². The number of unbranched alkanes of at least 4 members (excludes halogenated alkanes) is 1. The van der Waals surface area contributed by atoms with E-state index in [0.717, 1.165) is 6.04 Å². The third-order valence-corrected chi connectivity index (χ3v) is 4.64. The van der Waals surface area contributed by atoms with Gasteiger partial charge in [-0.25, -0.2) is 0 Å². The molecule has 106 valence electrons. The molecule has 1 unspecified atom stereocenters. The molecule has 1 aromatic rings. The molecular formula is C16H25BrN2. The van der Waals surface area contributed by atoms with Crippen molar-refractivity contribution in [2.24, 2.45) is 0 Å². The maximum Gasteiger partial charge on any atom is 0.0380 e. The highest BCUT2D eigenvalue weighted by Crippen LogP contribution is 2.35. The van der Waals surface area contributed by atoms with Crippen molar-refractivity contribution in [3.05, 3.63) is 28.2 Å². The molecule has 2 rings (SSSR count). The van der Waals surface area contributed by atoms with Crippen molar-refractivity contribution >= 4 is 21.6 Å². The van der Waals surface area contributed by atoms with Crippen molar-refractivity contribution in [3.8, 4) is 0 Å². The molecule has 1 fully saturated rings. The van der Waals surface area contributed by atoms with Crippen LogP contribution in [0, 0.1) is 0 Å². The smallest absolute Gasteiger partial charge is 0.0380 e. The van der Waals surface area contributed by atoms with Gasteiger partial charge in [0.15, 0.2) is 0 Å². The van der Waals surface area contributed by atoms with Crippen LogP contribution in [0.3, 0.4) is 0 Å². The Hall–Kier alpha value is -0.540. The summed E-state index contributed by atoms with van der Waals surface area (Å²) in [5.41, 5.74) is 2.70. The van der Waals surface area contributed by atoms with Gasteiger partial charge >= 0.3 is 0 Å². The van der Waals surface area contributed by atoms with Gasteiger partial charge in [0.2, 0.25) is 0 Å². The summed E-state index contributed by atoms with van der Waals surface area (Å²) in [5, 5.41) is 3.30. The lowest BCUT2D eigenvalue weighted by Gasteiger charge is -2.26. The molecule has 2 nitrogen and oxygen atoms in total. The quantitative estimate of drug-likeness (QED) is 0.794. The Kier molecular flexibility index (Phi) is 5.28. The summed E-state index contributed by atoms with van der Waals surface area (Å²) >= 11 is 3.73. The predicted octanol–water partition coefficient (Wildman–Crippen LogP) is 4.50. The van der Waals surface area contributed by atoms with E-state index >= 15 is 0 Å². The Labute approximate surface area is 125 Å². The van der Waals surface area contributed by atoms with E-state index in [0.29, 0.717) is 6.04 Å². The first-order valence-corrected chi connectivity index (χ1v) is 8.20. The van der Waals surface area contributed by atoms with Crippen LogP contribution >= 0.6 is 15.9 Å². The fraction of sp³-hybridized carbons (Fsp3) is 0.625. The van der Waals surface area contributed by atoms with Gasteiger partial charge in [0.25, 0.3) is 0 Å². The van der Waals surface area contributed by atoms with Crippen LogP contribution in [-0.4, -0.2) is 19.6 Å². The van der Waals surface area contributed by atoms with Crippen LogP contribution in [0.4, 0.5) is 5.69 Å². The molecule has 0 aliphatic heterocycles. The van der Waals surface area contributed by atoms with Crippen molar-refractivity contribution in [2.45, 2.75) is 51.6 Å². The second-order valence-electron chi connectivity index (χ2n) is 5.49. The summed E-state index contributed by atoms with van der Waals surface area (Å²) in [4.78, 5) is 2.59. The molecule has 1 N–H and O–H groups in total. The number of rotatable bonds is 7. The highest BCUT2D eigenvalue weighted by atomic mass is 79.9. The molecule has 3 heteroatoms. The van der Waals surface area contributed by atoms with Crippen LogP contribution in [0.5, 0.6) is 0 Å². The van der Waals surface area contributed by atoms with Gasteiger partial charge in [-0.15, -0.1) is 0 Å². The topological polar surface area (TPSA) is 15.3 Å². The summed E-state index contributed by atoms with van der Waals surface area (Å²) in [6, 6.07) is 7.99. The van der Waals surface area contributed by atoms with E-state index in [1.165, 1.54) is 48.0 Å². The first kappa shape index (κ1) is 14.9. The summed E-state index contributed by atoms with van der Waals surface area (Å²) in [6.07, 6.45) is 5.26. The monoisotopic (exact) mass is 324 g/mol. The lowest BCUT2D eigenvalue weighted by Crippen LogP contribution is -2.26. The van der Waals surface area contributed by atoms with Crippen LogP contribution in [0.1, 0.15) is 51.1 Å². The van der Waals surface area contributed by atoms with Gasteiger partial charge in [-0.1, -0.05) is 35.3 Å². The first-order chi connectivity index (χ1) is 9.17. The van der Waals surface area contributed by atoms with Gasteiger partial charge in [-0.05, 0) is 50.9 Å². The van der Waals surface area contributed by atoms with Crippen molar-refractivity contribution < 1.29 is 0 Å². The molecule has 0 bridgehead atoms. The average Bonchev–Trinajstić information content (AvgIpc) is 3.23. The zero-order valence-corrected chi connectivity index (χ0v) is 13.8. The number of nitrogens with one attached hydrogen (secondary N) is 1. The number of halogens is 1. The van der Waals surface area contributed by atoms with Crippen LogP contribution in [0.15, 0.2) is 22.7 Å². The van der Waals surface area contributed by atoms with E-state index in [9.17, 15) is 0 Å². The van der Waals surface area contributed by atoms with Crippen LogP contribution in [0.25, 0.3) is 0 Å². The standard InChI is InChI=1S/C16H25BrN2/c1-4-5-10-19(13-6-7-13)14-8-9-15(12(2)18-3)16(17)11-14/h8-9,11-13,18H,4-7,10H2,1-3H3. The number of hydrogen-bond acceptors (Lipinski definition) is 2. The molecule has 1 aliphatic carbocycles. The Balaban J connectivity index is 2.16. The maximum absolute atomic E-state index is 3.73. The largest absolute Gasteiger partial charge is 0.369 e. The second kappa shape index (κ2) is 6.76. The third kappa shape index (κ3) is 3.73. The predicted molar refractivity (Wildman–Crippen MR) is 86.9 cm³/mol. The molecule has 19 heavy (non-hydrogen) atoms. The van der Waals surface area contributed by atoms with Crippen molar-refractivity contribution in [2.75, 3.05) is 18.5 Å².